The van der Waals surface area contributed by atoms with Gasteiger partial charge in [0.25, 0.3) is 0 Å². The number of hydrogen-bond acceptors (Lipinski definition) is 3. The van der Waals surface area contributed by atoms with Gasteiger partial charge in [-0.25, -0.2) is 0 Å². The third-order valence-corrected chi connectivity index (χ3v) is 3.99. The second kappa shape index (κ2) is 9.41. The standard InChI is InChI=1S/C20H23F3N2O2/c1-2-3-18(24)19(26)25-13-12-14-4-8-16(9-5-14)27-17-10-6-15(7-11-17)20(21,22)23/h4-11,18H,2-3,12-13,24H2,1H3,(H,25,26). The molecular weight excluding hydrogens is 357 g/mol. The first kappa shape index (κ1) is 20.8. The van der Waals surface area contributed by atoms with Crippen LogP contribution in [0.2, 0.25) is 0 Å². The molecule has 0 aromatic heterocycles. The maximum atomic E-state index is 12.6. The van der Waals surface area contributed by atoms with Gasteiger partial charge < -0.3 is 15.8 Å². The molecule has 4 nitrogen and oxygen atoms in total. The molecule has 0 fully saturated rings. The number of carbonyl (C=O) groups excluding carboxylic acids is 1. The molecule has 2 rings (SSSR count). The van der Waals surface area contributed by atoms with Gasteiger partial charge in [-0.1, -0.05) is 25.5 Å². The lowest BCUT2D eigenvalue weighted by atomic mass is 10.1. The van der Waals surface area contributed by atoms with Gasteiger partial charge in [0, 0.05) is 6.54 Å². The van der Waals surface area contributed by atoms with Crippen LogP contribution in [0.1, 0.15) is 30.9 Å². The van der Waals surface area contributed by atoms with Crippen LogP contribution in [-0.4, -0.2) is 18.5 Å². The van der Waals surface area contributed by atoms with Crippen LogP contribution in [0, 0.1) is 0 Å². The van der Waals surface area contributed by atoms with E-state index in [2.05, 4.69) is 5.32 Å². The van der Waals surface area contributed by atoms with Crippen molar-refractivity contribution in [1.29, 1.82) is 0 Å². The van der Waals surface area contributed by atoms with Gasteiger partial charge in [-0.05, 0) is 54.8 Å². The summed E-state index contributed by atoms with van der Waals surface area (Å²) in [7, 11) is 0. The third kappa shape index (κ3) is 6.60. The predicted molar refractivity (Wildman–Crippen MR) is 97.6 cm³/mol. The van der Waals surface area contributed by atoms with Gasteiger partial charge in [-0.3, -0.25) is 4.79 Å². The van der Waals surface area contributed by atoms with E-state index >= 15 is 0 Å². The summed E-state index contributed by atoms with van der Waals surface area (Å²) in [5.74, 6) is 0.694. The Morgan fingerprint density at radius 1 is 1.07 bits per heavy atom. The molecule has 3 N–H and O–H groups in total. The maximum absolute atomic E-state index is 12.6. The summed E-state index contributed by atoms with van der Waals surface area (Å²) >= 11 is 0. The van der Waals surface area contributed by atoms with Crippen molar-refractivity contribution in [3.63, 3.8) is 0 Å². The molecule has 2 aromatic rings. The summed E-state index contributed by atoms with van der Waals surface area (Å²) < 4.78 is 43.2. The number of halogens is 3. The number of alkyl halides is 3. The van der Waals surface area contributed by atoms with Gasteiger partial charge in [0.15, 0.2) is 0 Å². The monoisotopic (exact) mass is 380 g/mol. The molecule has 1 unspecified atom stereocenters. The largest absolute Gasteiger partial charge is 0.457 e. The first-order valence-electron chi connectivity index (χ1n) is 8.77. The minimum Gasteiger partial charge on any atom is -0.457 e. The molecule has 0 aliphatic carbocycles. The van der Waals surface area contributed by atoms with Crippen molar-refractivity contribution in [2.75, 3.05) is 6.54 Å². The summed E-state index contributed by atoms with van der Waals surface area (Å²) in [5.41, 5.74) is 6.02. The number of nitrogens with one attached hydrogen (secondary N) is 1. The van der Waals surface area contributed by atoms with Crippen molar-refractivity contribution >= 4 is 5.91 Å². The van der Waals surface area contributed by atoms with Crippen molar-refractivity contribution in [1.82, 2.24) is 5.32 Å². The molecule has 0 saturated carbocycles. The number of hydrogen-bond donors (Lipinski definition) is 2. The fourth-order valence-electron chi connectivity index (χ4n) is 2.48. The Hall–Kier alpha value is -2.54. The van der Waals surface area contributed by atoms with Crippen molar-refractivity contribution in [2.24, 2.45) is 5.73 Å². The van der Waals surface area contributed by atoms with Crippen molar-refractivity contribution in [2.45, 2.75) is 38.4 Å². The highest BCUT2D eigenvalue weighted by atomic mass is 19.4. The Kier molecular flexibility index (Phi) is 7.24. The second-order valence-electron chi connectivity index (χ2n) is 6.20. The molecule has 0 heterocycles. The minimum atomic E-state index is -4.37. The van der Waals surface area contributed by atoms with E-state index in [0.29, 0.717) is 30.9 Å². The van der Waals surface area contributed by atoms with Crippen LogP contribution >= 0.6 is 0 Å². The molecule has 7 heteroatoms. The SMILES string of the molecule is CCCC(N)C(=O)NCCc1ccc(Oc2ccc(C(F)(F)F)cc2)cc1. The lowest BCUT2D eigenvalue weighted by Gasteiger charge is -2.11. The molecule has 0 aliphatic rings. The lowest BCUT2D eigenvalue weighted by Crippen LogP contribution is -2.41. The number of amides is 1. The highest BCUT2D eigenvalue weighted by Gasteiger charge is 2.30. The highest BCUT2D eigenvalue weighted by Crippen LogP contribution is 2.31. The Balaban J connectivity index is 1.84. The van der Waals surface area contributed by atoms with Gasteiger partial charge >= 0.3 is 6.18 Å². The van der Waals surface area contributed by atoms with Gasteiger partial charge in [0.1, 0.15) is 11.5 Å². The predicted octanol–water partition coefficient (Wildman–Crippen LogP) is 4.28. The number of benzene rings is 2. The molecule has 0 radical (unpaired) electrons. The van der Waals surface area contributed by atoms with E-state index in [9.17, 15) is 18.0 Å². The summed E-state index contributed by atoms with van der Waals surface area (Å²) in [4.78, 5) is 11.7. The zero-order valence-corrected chi connectivity index (χ0v) is 15.1. The van der Waals surface area contributed by atoms with Crippen molar-refractivity contribution in [3.8, 4) is 11.5 Å². The van der Waals surface area contributed by atoms with Crippen molar-refractivity contribution in [3.05, 3.63) is 59.7 Å². The van der Waals surface area contributed by atoms with Crippen LogP contribution in [0.25, 0.3) is 0 Å². The Labute approximate surface area is 156 Å². The lowest BCUT2D eigenvalue weighted by molar-refractivity contribution is -0.137. The van der Waals surface area contributed by atoms with Crippen LogP contribution in [0.15, 0.2) is 48.5 Å². The Bertz CT molecular complexity index is 728. The summed E-state index contributed by atoms with van der Waals surface area (Å²) in [6.07, 6.45) is -2.21. The molecule has 0 saturated heterocycles. The highest BCUT2D eigenvalue weighted by molar-refractivity contribution is 5.81. The Morgan fingerprint density at radius 2 is 1.63 bits per heavy atom. The van der Waals surface area contributed by atoms with Crippen LogP contribution in [-0.2, 0) is 17.4 Å². The smallest absolute Gasteiger partial charge is 0.416 e. The van der Waals surface area contributed by atoms with Crippen LogP contribution in [0.3, 0.4) is 0 Å². The topological polar surface area (TPSA) is 64.4 Å². The average Bonchev–Trinajstić information content (AvgIpc) is 2.63. The van der Waals surface area contributed by atoms with Crippen LogP contribution in [0.4, 0.5) is 13.2 Å². The molecule has 2 aromatic carbocycles. The Morgan fingerprint density at radius 3 is 2.15 bits per heavy atom. The summed E-state index contributed by atoms with van der Waals surface area (Å²) in [6.45, 7) is 2.46. The van der Waals surface area contributed by atoms with E-state index in [1.165, 1.54) is 12.1 Å². The molecular formula is C20H23F3N2O2. The van der Waals surface area contributed by atoms with E-state index in [-0.39, 0.29) is 5.91 Å². The van der Waals surface area contributed by atoms with Crippen LogP contribution in [0.5, 0.6) is 11.5 Å². The van der Waals surface area contributed by atoms with Gasteiger partial charge in [-0.15, -0.1) is 0 Å². The van der Waals surface area contributed by atoms with Gasteiger partial charge in [0.05, 0.1) is 11.6 Å². The molecule has 1 amide bonds. The quantitative estimate of drug-likeness (QED) is 0.718. The number of rotatable bonds is 8. The van der Waals surface area contributed by atoms with Crippen LogP contribution < -0.4 is 15.8 Å². The average molecular weight is 380 g/mol. The van der Waals surface area contributed by atoms with E-state index in [1.54, 1.807) is 12.1 Å². The number of carbonyl (C=O) groups is 1. The van der Waals surface area contributed by atoms with Crippen molar-refractivity contribution < 1.29 is 22.7 Å². The molecule has 146 valence electrons. The van der Waals surface area contributed by atoms with Gasteiger partial charge in [-0.2, -0.15) is 13.2 Å². The fraction of sp³-hybridized carbons (Fsp3) is 0.350. The molecule has 0 bridgehead atoms. The van der Waals surface area contributed by atoms with E-state index in [1.807, 2.05) is 19.1 Å². The number of ether oxygens (including phenoxy) is 1. The molecule has 27 heavy (non-hydrogen) atoms. The molecule has 1 atom stereocenters. The minimum absolute atomic E-state index is 0.154. The van der Waals surface area contributed by atoms with E-state index in [4.69, 9.17) is 10.5 Å². The first-order valence-corrected chi connectivity index (χ1v) is 8.77. The third-order valence-electron chi connectivity index (χ3n) is 3.99. The normalized spacial score (nSPS) is 12.5. The zero-order chi connectivity index (χ0) is 19.9. The summed E-state index contributed by atoms with van der Waals surface area (Å²) in [6, 6.07) is 11.2. The number of nitrogens with two attached hydrogens (primary N) is 1. The van der Waals surface area contributed by atoms with Gasteiger partial charge in [0.2, 0.25) is 5.91 Å². The molecule has 0 spiro atoms. The fourth-order valence-corrected chi connectivity index (χ4v) is 2.48. The summed E-state index contributed by atoms with van der Waals surface area (Å²) in [5, 5.41) is 2.80. The first-order chi connectivity index (χ1) is 12.8. The zero-order valence-electron chi connectivity index (χ0n) is 15.1. The molecule has 0 aliphatic heterocycles. The second-order valence-corrected chi connectivity index (χ2v) is 6.20. The maximum Gasteiger partial charge on any atom is 0.416 e. The van der Waals surface area contributed by atoms with E-state index < -0.39 is 17.8 Å². The van der Waals surface area contributed by atoms with E-state index in [0.717, 1.165) is 24.1 Å².